The van der Waals surface area contributed by atoms with Gasteiger partial charge in [0, 0.05) is 12.6 Å². The lowest BCUT2D eigenvalue weighted by Gasteiger charge is -2.06. The molecule has 0 aliphatic heterocycles. The second-order valence-electron chi connectivity index (χ2n) is 4.53. The Kier molecular flexibility index (Phi) is 3.42. The maximum Gasteiger partial charge on any atom is 0.170 e. The molecule has 0 amide bonds. The van der Waals surface area contributed by atoms with E-state index in [9.17, 15) is 4.79 Å². The number of Topliss-reactive ketones (excluding diaryl/α,β-unsaturated/α-hetero) is 1. The van der Waals surface area contributed by atoms with E-state index in [1.807, 2.05) is 38.1 Å². The van der Waals surface area contributed by atoms with Gasteiger partial charge in [-0.15, -0.1) is 0 Å². The Morgan fingerprint density at radius 3 is 2.72 bits per heavy atom. The molecule has 1 aromatic carbocycles. The second-order valence-corrected chi connectivity index (χ2v) is 4.53. The number of hydrogen-bond acceptors (Lipinski definition) is 3. The first kappa shape index (κ1) is 12.3. The van der Waals surface area contributed by atoms with Gasteiger partial charge in [-0.1, -0.05) is 29.8 Å². The number of ketones is 1. The highest BCUT2D eigenvalue weighted by Gasteiger charge is 2.11. The fourth-order valence-electron chi connectivity index (χ4n) is 1.91. The van der Waals surface area contributed by atoms with Crippen molar-refractivity contribution in [2.24, 2.45) is 0 Å². The van der Waals surface area contributed by atoms with E-state index in [4.69, 9.17) is 5.73 Å². The summed E-state index contributed by atoms with van der Waals surface area (Å²) in [6.07, 6.45) is 2.02. The largest absolute Gasteiger partial charge is 0.383 e. The van der Waals surface area contributed by atoms with Gasteiger partial charge in [0.25, 0.3) is 0 Å². The molecule has 0 bridgehead atoms. The van der Waals surface area contributed by atoms with Gasteiger partial charge >= 0.3 is 0 Å². The third kappa shape index (κ3) is 2.74. The van der Waals surface area contributed by atoms with Crippen LogP contribution in [0.2, 0.25) is 0 Å². The summed E-state index contributed by atoms with van der Waals surface area (Å²) in [6, 6.07) is 9.72. The number of carbonyl (C=O) groups excluding carboxylic acids is 1. The molecule has 0 atom stereocenters. The van der Waals surface area contributed by atoms with Crippen LogP contribution in [-0.2, 0) is 6.42 Å². The average Bonchev–Trinajstić information content (AvgIpc) is 2.32. The normalized spacial score (nSPS) is 10.3. The zero-order valence-electron chi connectivity index (χ0n) is 10.6. The lowest BCUT2D eigenvalue weighted by Crippen LogP contribution is -2.09. The molecule has 2 rings (SSSR count). The molecule has 0 unspecified atom stereocenters. The summed E-state index contributed by atoms with van der Waals surface area (Å²) in [5.41, 5.74) is 9.34. The molecule has 2 N–H and O–H groups in total. The fraction of sp³-hybridized carbons (Fsp3) is 0.200. The number of pyridine rings is 1. The van der Waals surface area contributed by atoms with Gasteiger partial charge in [-0.25, -0.2) is 4.98 Å². The highest BCUT2D eigenvalue weighted by Crippen LogP contribution is 2.14. The molecule has 3 heteroatoms. The van der Waals surface area contributed by atoms with Gasteiger partial charge in [-0.2, -0.15) is 0 Å². The molecule has 0 aliphatic carbocycles. The van der Waals surface area contributed by atoms with Gasteiger partial charge in [-0.3, -0.25) is 4.79 Å². The third-order valence-electron chi connectivity index (χ3n) is 2.80. The first-order valence-corrected chi connectivity index (χ1v) is 5.87. The Balaban J connectivity index is 2.24. The number of aromatic nitrogens is 1. The van der Waals surface area contributed by atoms with Crippen molar-refractivity contribution in [3.8, 4) is 0 Å². The Morgan fingerprint density at radius 1 is 1.22 bits per heavy atom. The Labute approximate surface area is 107 Å². The summed E-state index contributed by atoms with van der Waals surface area (Å²) in [5, 5.41) is 0. The maximum absolute atomic E-state index is 12.2. The summed E-state index contributed by atoms with van der Waals surface area (Å²) in [4.78, 5) is 16.2. The van der Waals surface area contributed by atoms with Gasteiger partial charge < -0.3 is 5.73 Å². The standard InChI is InChI=1S/C15H16N2O/c1-10-4-3-5-12(6-10)8-14(18)13-7-11(2)9-17-15(13)16/h3-7,9H,8H2,1-2H3,(H2,16,17). The van der Waals surface area contributed by atoms with Crippen molar-refractivity contribution < 1.29 is 4.79 Å². The number of nitrogen functional groups attached to an aromatic ring is 1. The molecular formula is C15H16N2O. The van der Waals surface area contributed by atoms with Crippen molar-refractivity contribution in [3.63, 3.8) is 0 Å². The van der Waals surface area contributed by atoms with Crippen LogP contribution in [0.4, 0.5) is 5.82 Å². The molecule has 0 spiro atoms. The van der Waals surface area contributed by atoms with Crippen LogP contribution in [0.1, 0.15) is 27.0 Å². The molecule has 0 saturated carbocycles. The van der Waals surface area contributed by atoms with Crippen LogP contribution in [0.15, 0.2) is 36.5 Å². The first-order valence-electron chi connectivity index (χ1n) is 5.87. The quantitative estimate of drug-likeness (QED) is 0.839. The van der Waals surface area contributed by atoms with Crippen molar-refractivity contribution >= 4 is 11.6 Å². The van der Waals surface area contributed by atoms with Crippen molar-refractivity contribution in [1.82, 2.24) is 4.98 Å². The number of benzene rings is 1. The van der Waals surface area contributed by atoms with Crippen LogP contribution >= 0.6 is 0 Å². The van der Waals surface area contributed by atoms with Gasteiger partial charge in [0.2, 0.25) is 0 Å². The fourth-order valence-corrected chi connectivity index (χ4v) is 1.91. The van der Waals surface area contributed by atoms with Crippen LogP contribution < -0.4 is 5.73 Å². The average molecular weight is 240 g/mol. The molecule has 18 heavy (non-hydrogen) atoms. The highest BCUT2D eigenvalue weighted by molar-refractivity contribution is 6.01. The van der Waals surface area contributed by atoms with Crippen LogP contribution in [0.25, 0.3) is 0 Å². The molecule has 0 fully saturated rings. The lowest BCUT2D eigenvalue weighted by molar-refractivity contribution is 0.0993. The number of carbonyl (C=O) groups is 1. The maximum atomic E-state index is 12.2. The number of rotatable bonds is 3. The van der Waals surface area contributed by atoms with Gasteiger partial charge in [-0.05, 0) is 31.0 Å². The van der Waals surface area contributed by atoms with E-state index >= 15 is 0 Å². The van der Waals surface area contributed by atoms with Crippen LogP contribution in [-0.4, -0.2) is 10.8 Å². The van der Waals surface area contributed by atoms with E-state index in [1.54, 1.807) is 12.3 Å². The van der Waals surface area contributed by atoms with Crippen LogP contribution in [0.3, 0.4) is 0 Å². The van der Waals surface area contributed by atoms with Gasteiger partial charge in [0.1, 0.15) is 5.82 Å². The minimum absolute atomic E-state index is 0.00861. The van der Waals surface area contributed by atoms with E-state index in [0.29, 0.717) is 17.8 Å². The second kappa shape index (κ2) is 5.00. The number of aryl methyl sites for hydroxylation is 2. The molecule has 0 radical (unpaired) electrons. The number of nitrogens with zero attached hydrogens (tertiary/aromatic N) is 1. The van der Waals surface area contributed by atoms with E-state index in [2.05, 4.69) is 4.98 Å². The minimum Gasteiger partial charge on any atom is -0.383 e. The van der Waals surface area contributed by atoms with E-state index in [1.165, 1.54) is 0 Å². The predicted molar refractivity (Wildman–Crippen MR) is 72.6 cm³/mol. The van der Waals surface area contributed by atoms with Crippen molar-refractivity contribution in [1.29, 1.82) is 0 Å². The Morgan fingerprint density at radius 2 is 2.00 bits per heavy atom. The van der Waals surface area contributed by atoms with Crippen LogP contribution in [0, 0.1) is 13.8 Å². The van der Waals surface area contributed by atoms with Crippen LogP contribution in [0.5, 0.6) is 0 Å². The monoisotopic (exact) mass is 240 g/mol. The highest BCUT2D eigenvalue weighted by atomic mass is 16.1. The summed E-state index contributed by atoms with van der Waals surface area (Å²) >= 11 is 0. The van der Waals surface area contributed by atoms with Gasteiger partial charge in [0.15, 0.2) is 5.78 Å². The molecule has 3 nitrogen and oxygen atoms in total. The summed E-state index contributed by atoms with van der Waals surface area (Å²) < 4.78 is 0. The molecule has 2 aromatic rings. The molecule has 0 saturated heterocycles. The zero-order chi connectivity index (χ0) is 13.1. The smallest absolute Gasteiger partial charge is 0.170 e. The number of hydrogen-bond donors (Lipinski definition) is 1. The topological polar surface area (TPSA) is 56.0 Å². The first-order chi connectivity index (χ1) is 8.56. The van der Waals surface area contributed by atoms with Crippen molar-refractivity contribution in [3.05, 3.63) is 58.8 Å². The minimum atomic E-state index is 0.00861. The molecular weight excluding hydrogens is 224 g/mol. The summed E-state index contributed by atoms with van der Waals surface area (Å²) in [6.45, 7) is 3.91. The molecule has 1 aromatic heterocycles. The molecule has 1 heterocycles. The van der Waals surface area contributed by atoms with E-state index in [-0.39, 0.29) is 5.78 Å². The zero-order valence-corrected chi connectivity index (χ0v) is 10.6. The molecule has 92 valence electrons. The predicted octanol–water partition coefficient (Wildman–Crippen LogP) is 2.71. The Bertz CT molecular complexity index is 591. The van der Waals surface area contributed by atoms with Crippen molar-refractivity contribution in [2.45, 2.75) is 20.3 Å². The summed E-state index contributed by atoms with van der Waals surface area (Å²) in [5.74, 6) is 0.313. The SMILES string of the molecule is Cc1cccc(CC(=O)c2cc(C)cnc2N)c1. The molecule has 0 aliphatic rings. The van der Waals surface area contributed by atoms with Crippen molar-refractivity contribution in [2.75, 3.05) is 5.73 Å². The number of anilines is 1. The van der Waals surface area contributed by atoms with Gasteiger partial charge in [0.05, 0.1) is 5.56 Å². The lowest BCUT2D eigenvalue weighted by atomic mass is 10.0. The van der Waals surface area contributed by atoms with E-state index in [0.717, 1.165) is 16.7 Å². The summed E-state index contributed by atoms with van der Waals surface area (Å²) in [7, 11) is 0. The number of nitrogens with two attached hydrogens (primary N) is 1. The van der Waals surface area contributed by atoms with E-state index < -0.39 is 0 Å². The Hall–Kier alpha value is -2.16. The third-order valence-corrected chi connectivity index (χ3v) is 2.80.